The maximum atomic E-state index is 10.7. The van der Waals surface area contributed by atoms with Crippen LogP contribution in [0.25, 0.3) is 0 Å². The van der Waals surface area contributed by atoms with Crippen LogP contribution in [0.1, 0.15) is 37.2 Å². The lowest BCUT2D eigenvalue weighted by molar-refractivity contribution is 0.187. The summed E-state index contributed by atoms with van der Waals surface area (Å²) in [6.07, 6.45) is 4.72. The largest absolute Gasteiger partial charge is 0.497 e. The number of nitrogens with one attached hydrogen (secondary N) is 1. The van der Waals surface area contributed by atoms with Crippen LogP contribution in [0.2, 0.25) is 0 Å². The van der Waals surface area contributed by atoms with Gasteiger partial charge in [0.05, 0.1) is 13.2 Å². The van der Waals surface area contributed by atoms with E-state index in [1.54, 1.807) is 7.11 Å². The SMILES string of the molecule is COc1ccc(NC[C@H](O)CN2c3ccccc3[C@H]3CCCC[C@H]32)cc1. The number of benzene rings is 2. The number of methoxy groups -OCH3 is 1. The lowest BCUT2D eigenvalue weighted by atomic mass is 9.82. The summed E-state index contributed by atoms with van der Waals surface area (Å²) in [5.74, 6) is 1.48. The van der Waals surface area contributed by atoms with Gasteiger partial charge >= 0.3 is 0 Å². The number of fused-ring (bicyclic) bond motifs is 3. The predicted molar refractivity (Wildman–Crippen MR) is 106 cm³/mol. The van der Waals surface area contributed by atoms with Crippen LogP contribution in [-0.2, 0) is 0 Å². The van der Waals surface area contributed by atoms with Gasteiger partial charge in [0.25, 0.3) is 0 Å². The quantitative estimate of drug-likeness (QED) is 0.824. The van der Waals surface area contributed by atoms with Gasteiger partial charge in [-0.05, 0) is 48.7 Å². The number of anilines is 2. The van der Waals surface area contributed by atoms with E-state index in [0.29, 0.717) is 25.0 Å². The van der Waals surface area contributed by atoms with Gasteiger partial charge in [0.15, 0.2) is 0 Å². The van der Waals surface area contributed by atoms with Crippen LogP contribution in [0.5, 0.6) is 5.75 Å². The number of nitrogens with zero attached hydrogens (tertiary/aromatic N) is 1. The van der Waals surface area contributed by atoms with Gasteiger partial charge in [0.1, 0.15) is 5.75 Å². The van der Waals surface area contributed by atoms with Gasteiger partial charge in [-0.25, -0.2) is 0 Å². The second-order valence-corrected chi connectivity index (χ2v) is 7.43. The Hall–Kier alpha value is -2.20. The first-order valence-electron chi connectivity index (χ1n) is 9.68. The molecule has 0 saturated heterocycles. The topological polar surface area (TPSA) is 44.7 Å². The first-order valence-corrected chi connectivity index (χ1v) is 9.68. The third kappa shape index (κ3) is 3.38. The molecule has 0 spiro atoms. The van der Waals surface area contributed by atoms with Crippen LogP contribution in [-0.4, -0.2) is 37.5 Å². The van der Waals surface area contributed by atoms with E-state index in [-0.39, 0.29) is 0 Å². The Morgan fingerprint density at radius 1 is 1.12 bits per heavy atom. The fraction of sp³-hybridized carbons (Fsp3) is 0.455. The molecule has 1 heterocycles. The summed E-state index contributed by atoms with van der Waals surface area (Å²) in [5.41, 5.74) is 3.81. The highest BCUT2D eigenvalue weighted by molar-refractivity contribution is 5.62. The zero-order valence-electron chi connectivity index (χ0n) is 15.4. The van der Waals surface area contributed by atoms with Crippen LogP contribution in [0, 0.1) is 0 Å². The number of aliphatic hydroxyl groups is 1. The van der Waals surface area contributed by atoms with Crippen molar-refractivity contribution in [2.24, 2.45) is 0 Å². The van der Waals surface area contributed by atoms with Crippen LogP contribution in [0.4, 0.5) is 11.4 Å². The standard InChI is InChI=1S/C22H28N2O2/c1-26-18-12-10-16(11-13-18)23-14-17(25)15-24-21-8-4-2-6-19(21)20-7-3-5-9-22(20)24/h2,4,6,8,10-13,17,20,22-23,25H,3,5,7,9,14-15H2,1H3/t17-,20+,22+/m0/s1. The third-order valence-electron chi connectivity index (χ3n) is 5.81. The van der Waals surface area contributed by atoms with Crippen molar-refractivity contribution >= 4 is 11.4 Å². The maximum Gasteiger partial charge on any atom is 0.119 e. The van der Waals surface area contributed by atoms with Gasteiger partial charge < -0.3 is 20.1 Å². The Kier molecular flexibility index (Phi) is 5.02. The number of ether oxygens (including phenoxy) is 1. The number of hydrogen-bond donors (Lipinski definition) is 2. The van der Waals surface area contributed by atoms with Crippen molar-refractivity contribution in [1.82, 2.24) is 0 Å². The molecule has 26 heavy (non-hydrogen) atoms. The number of β-amino-alcohol motifs (C(OH)–C–C–N with tert-alkyl or cyclic N) is 1. The summed E-state index contributed by atoms with van der Waals surface area (Å²) in [6.45, 7) is 1.23. The molecule has 4 heteroatoms. The first-order chi connectivity index (χ1) is 12.8. The predicted octanol–water partition coefficient (Wildman–Crippen LogP) is 4.01. The van der Waals surface area contributed by atoms with Crippen LogP contribution in [0.15, 0.2) is 48.5 Å². The molecule has 3 atom stereocenters. The second kappa shape index (κ2) is 7.58. The molecule has 0 aromatic heterocycles. The minimum Gasteiger partial charge on any atom is -0.497 e. The van der Waals surface area contributed by atoms with Crippen molar-refractivity contribution < 1.29 is 9.84 Å². The molecule has 2 aromatic carbocycles. The summed E-state index contributed by atoms with van der Waals surface area (Å²) < 4.78 is 5.18. The van der Waals surface area contributed by atoms with Gasteiger partial charge in [-0.2, -0.15) is 0 Å². The average Bonchev–Trinajstić information content (AvgIpc) is 3.01. The molecule has 1 saturated carbocycles. The Morgan fingerprint density at radius 2 is 1.88 bits per heavy atom. The number of para-hydroxylation sites is 1. The van der Waals surface area contributed by atoms with Crippen molar-refractivity contribution in [3.05, 3.63) is 54.1 Å². The van der Waals surface area contributed by atoms with Gasteiger partial charge in [-0.15, -0.1) is 0 Å². The molecule has 2 N–H and O–H groups in total. The van der Waals surface area contributed by atoms with Gasteiger partial charge in [-0.3, -0.25) is 0 Å². The molecule has 1 fully saturated rings. The molecule has 2 aromatic rings. The van der Waals surface area contributed by atoms with E-state index in [1.807, 2.05) is 24.3 Å². The van der Waals surface area contributed by atoms with E-state index < -0.39 is 6.10 Å². The monoisotopic (exact) mass is 352 g/mol. The molecule has 1 aliphatic carbocycles. The molecule has 0 unspecified atom stereocenters. The van der Waals surface area contributed by atoms with E-state index in [9.17, 15) is 5.11 Å². The van der Waals surface area contributed by atoms with Crippen molar-refractivity contribution in [3.63, 3.8) is 0 Å². The number of hydrogen-bond acceptors (Lipinski definition) is 4. The van der Waals surface area contributed by atoms with Crippen molar-refractivity contribution in [3.8, 4) is 5.75 Å². The Morgan fingerprint density at radius 3 is 2.69 bits per heavy atom. The molecule has 2 aliphatic rings. The highest BCUT2D eigenvalue weighted by atomic mass is 16.5. The fourth-order valence-corrected chi connectivity index (χ4v) is 4.56. The highest BCUT2D eigenvalue weighted by Gasteiger charge is 2.39. The molecule has 138 valence electrons. The summed E-state index contributed by atoms with van der Waals surface area (Å²) in [7, 11) is 1.67. The minimum absolute atomic E-state index is 0.411. The normalized spacial score (nSPS) is 22.5. The smallest absolute Gasteiger partial charge is 0.119 e. The second-order valence-electron chi connectivity index (χ2n) is 7.43. The van der Waals surface area contributed by atoms with E-state index >= 15 is 0 Å². The summed E-state index contributed by atoms with van der Waals surface area (Å²) >= 11 is 0. The van der Waals surface area contributed by atoms with Crippen LogP contribution < -0.4 is 15.0 Å². The lowest BCUT2D eigenvalue weighted by Crippen LogP contribution is -2.42. The fourth-order valence-electron chi connectivity index (χ4n) is 4.56. The lowest BCUT2D eigenvalue weighted by Gasteiger charge is -2.35. The first kappa shape index (κ1) is 17.2. The van der Waals surface area contributed by atoms with E-state index in [1.165, 1.54) is 36.9 Å². The summed E-state index contributed by atoms with van der Waals surface area (Å²) in [4.78, 5) is 2.46. The summed E-state index contributed by atoms with van der Waals surface area (Å²) in [6, 6.07) is 17.1. The number of rotatable bonds is 6. The zero-order chi connectivity index (χ0) is 17.9. The van der Waals surface area contributed by atoms with Crippen LogP contribution >= 0.6 is 0 Å². The maximum absolute atomic E-state index is 10.7. The third-order valence-corrected chi connectivity index (χ3v) is 5.81. The number of aliphatic hydroxyl groups excluding tert-OH is 1. The van der Waals surface area contributed by atoms with Gasteiger partial charge in [-0.1, -0.05) is 31.0 Å². The highest BCUT2D eigenvalue weighted by Crippen LogP contribution is 2.47. The van der Waals surface area contributed by atoms with Gasteiger partial charge in [0, 0.05) is 36.4 Å². The summed E-state index contributed by atoms with van der Waals surface area (Å²) in [5, 5.41) is 14.0. The Bertz CT molecular complexity index is 731. The minimum atomic E-state index is -0.411. The average molecular weight is 352 g/mol. The Labute approximate surface area is 155 Å². The van der Waals surface area contributed by atoms with E-state index in [0.717, 1.165) is 11.4 Å². The molecular weight excluding hydrogens is 324 g/mol. The van der Waals surface area contributed by atoms with E-state index in [2.05, 4.69) is 34.5 Å². The molecule has 1 aliphatic heterocycles. The molecule has 0 radical (unpaired) electrons. The van der Waals surface area contributed by atoms with Crippen LogP contribution in [0.3, 0.4) is 0 Å². The van der Waals surface area contributed by atoms with Crippen molar-refractivity contribution in [2.75, 3.05) is 30.4 Å². The molecule has 0 bridgehead atoms. The molecular formula is C22H28N2O2. The molecule has 4 nitrogen and oxygen atoms in total. The van der Waals surface area contributed by atoms with Crippen molar-refractivity contribution in [2.45, 2.75) is 43.7 Å². The Balaban J connectivity index is 1.40. The van der Waals surface area contributed by atoms with E-state index in [4.69, 9.17) is 4.74 Å². The van der Waals surface area contributed by atoms with Crippen molar-refractivity contribution in [1.29, 1.82) is 0 Å². The molecule has 4 rings (SSSR count). The molecule has 0 amide bonds. The van der Waals surface area contributed by atoms with Gasteiger partial charge in [0.2, 0.25) is 0 Å². The zero-order valence-corrected chi connectivity index (χ0v) is 15.4.